The molecule has 0 atom stereocenters. The molecule has 0 amide bonds. The van der Waals surface area contributed by atoms with Crippen LogP contribution in [0.5, 0.6) is 0 Å². The number of carbonyl (C=O) groups excluding carboxylic acids is 1. The van der Waals surface area contributed by atoms with E-state index in [4.69, 9.17) is 4.74 Å². The highest BCUT2D eigenvalue weighted by Crippen LogP contribution is 2.32. The fourth-order valence-electron chi connectivity index (χ4n) is 2.38. The average molecular weight is 315 g/mol. The van der Waals surface area contributed by atoms with E-state index in [0.29, 0.717) is 25.9 Å². The van der Waals surface area contributed by atoms with Crippen LogP contribution in [0.2, 0.25) is 0 Å². The number of aromatic nitrogens is 2. The third-order valence-electron chi connectivity index (χ3n) is 3.88. The highest BCUT2D eigenvalue weighted by molar-refractivity contribution is 5.75. The summed E-state index contributed by atoms with van der Waals surface area (Å²) in [6.45, 7) is 1.13. The lowest BCUT2D eigenvalue weighted by atomic mass is 10.1. The second-order valence-corrected chi connectivity index (χ2v) is 5.67. The summed E-state index contributed by atoms with van der Waals surface area (Å²) in [5, 5.41) is 0. The molecule has 0 aromatic carbocycles. The Hall–Kier alpha value is -1.86. The third-order valence-corrected chi connectivity index (χ3v) is 3.88. The van der Waals surface area contributed by atoms with Gasteiger partial charge in [0, 0.05) is 38.3 Å². The molecule has 0 unspecified atom stereocenters. The summed E-state index contributed by atoms with van der Waals surface area (Å²) in [5.41, 5.74) is -0.857. The smallest absolute Gasteiger partial charge is 0.419 e. The minimum Gasteiger partial charge on any atom is -0.462 e. The summed E-state index contributed by atoms with van der Waals surface area (Å²) >= 11 is 0. The van der Waals surface area contributed by atoms with Crippen molar-refractivity contribution in [1.82, 2.24) is 9.97 Å². The first-order valence-electron chi connectivity index (χ1n) is 7.28. The second-order valence-electron chi connectivity index (χ2n) is 5.67. The molecule has 0 radical (unpaired) electrons. The third kappa shape index (κ3) is 3.48. The molecule has 1 saturated carbocycles. The highest BCUT2D eigenvalue weighted by Gasteiger charge is 2.34. The van der Waals surface area contributed by atoms with Crippen LogP contribution >= 0.6 is 0 Å². The molecule has 1 aromatic rings. The summed E-state index contributed by atoms with van der Waals surface area (Å²) < 4.78 is 42.8. The fraction of sp³-hybridized carbons (Fsp3) is 0.643. The van der Waals surface area contributed by atoms with Crippen molar-refractivity contribution in [3.63, 3.8) is 0 Å². The number of alkyl halides is 3. The van der Waals surface area contributed by atoms with Crippen LogP contribution in [0.4, 0.5) is 19.1 Å². The Bertz CT molecular complexity index is 535. The molecule has 8 heteroatoms. The molecule has 1 saturated heterocycles. The van der Waals surface area contributed by atoms with Crippen LogP contribution in [-0.4, -0.2) is 35.1 Å². The SMILES string of the molecule is O=C(OC1CCN(c2ncc(C(F)(F)F)cn2)CC1)C1CC1. The molecular formula is C14H16F3N3O2. The quantitative estimate of drug-likeness (QED) is 0.802. The molecule has 2 fully saturated rings. The van der Waals surface area contributed by atoms with Crippen molar-refractivity contribution >= 4 is 11.9 Å². The summed E-state index contributed by atoms with van der Waals surface area (Å²) in [7, 11) is 0. The van der Waals surface area contributed by atoms with Gasteiger partial charge in [0.15, 0.2) is 0 Å². The molecule has 5 nitrogen and oxygen atoms in total. The molecule has 1 aliphatic carbocycles. The van der Waals surface area contributed by atoms with E-state index in [2.05, 4.69) is 9.97 Å². The summed E-state index contributed by atoms with van der Waals surface area (Å²) in [4.78, 5) is 21.0. The van der Waals surface area contributed by atoms with E-state index in [1.54, 1.807) is 0 Å². The molecule has 3 rings (SSSR count). The number of nitrogens with zero attached hydrogens (tertiary/aromatic N) is 3. The van der Waals surface area contributed by atoms with E-state index in [9.17, 15) is 18.0 Å². The van der Waals surface area contributed by atoms with Gasteiger partial charge in [-0.15, -0.1) is 0 Å². The van der Waals surface area contributed by atoms with Crippen LogP contribution in [0.25, 0.3) is 0 Å². The van der Waals surface area contributed by atoms with Gasteiger partial charge in [-0.25, -0.2) is 9.97 Å². The van der Waals surface area contributed by atoms with Gasteiger partial charge >= 0.3 is 12.1 Å². The number of piperidine rings is 1. The van der Waals surface area contributed by atoms with E-state index in [0.717, 1.165) is 25.2 Å². The molecule has 1 aliphatic heterocycles. The first-order chi connectivity index (χ1) is 10.4. The van der Waals surface area contributed by atoms with Crippen molar-refractivity contribution in [3.05, 3.63) is 18.0 Å². The predicted octanol–water partition coefficient (Wildman–Crippen LogP) is 2.42. The molecule has 2 aliphatic rings. The van der Waals surface area contributed by atoms with Crippen molar-refractivity contribution < 1.29 is 22.7 Å². The Morgan fingerprint density at radius 2 is 1.73 bits per heavy atom. The highest BCUT2D eigenvalue weighted by atomic mass is 19.4. The van der Waals surface area contributed by atoms with Gasteiger partial charge in [0.1, 0.15) is 6.10 Å². The van der Waals surface area contributed by atoms with Crippen molar-refractivity contribution in [2.24, 2.45) is 5.92 Å². The Labute approximate surface area is 125 Å². The van der Waals surface area contributed by atoms with Crippen LogP contribution in [0.1, 0.15) is 31.2 Å². The lowest BCUT2D eigenvalue weighted by Crippen LogP contribution is -2.39. The van der Waals surface area contributed by atoms with E-state index in [1.165, 1.54) is 0 Å². The largest absolute Gasteiger partial charge is 0.462 e. The zero-order valence-corrected chi connectivity index (χ0v) is 11.8. The maximum Gasteiger partial charge on any atom is 0.419 e. The van der Waals surface area contributed by atoms with Crippen molar-refractivity contribution in [2.75, 3.05) is 18.0 Å². The van der Waals surface area contributed by atoms with Crippen molar-refractivity contribution in [3.8, 4) is 0 Å². The average Bonchev–Trinajstić information content (AvgIpc) is 3.32. The number of carbonyl (C=O) groups is 1. The predicted molar refractivity (Wildman–Crippen MR) is 71.1 cm³/mol. The van der Waals surface area contributed by atoms with Crippen LogP contribution < -0.4 is 4.90 Å². The van der Waals surface area contributed by atoms with E-state index in [1.807, 2.05) is 4.90 Å². The van der Waals surface area contributed by atoms with Gasteiger partial charge in [0.05, 0.1) is 11.5 Å². The van der Waals surface area contributed by atoms with Gasteiger partial charge in [-0.3, -0.25) is 4.79 Å². The molecule has 22 heavy (non-hydrogen) atoms. The number of hydrogen-bond acceptors (Lipinski definition) is 5. The normalized spacial score (nSPS) is 20.0. The Morgan fingerprint density at radius 3 is 2.23 bits per heavy atom. The van der Waals surface area contributed by atoms with Gasteiger partial charge in [-0.2, -0.15) is 13.2 Å². The fourth-order valence-corrected chi connectivity index (χ4v) is 2.38. The number of rotatable bonds is 3. The maximum atomic E-state index is 12.5. The monoisotopic (exact) mass is 315 g/mol. The van der Waals surface area contributed by atoms with Gasteiger partial charge in [0.2, 0.25) is 5.95 Å². The zero-order chi connectivity index (χ0) is 15.7. The molecule has 2 heterocycles. The summed E-state index contributed by atoms with van der Waals surface area (Å²) in [6.07, 6.45) is 0.157. The topological polar surface area (TPSA) is 55.3 Å². The lowest BCUT2D eigenvalue weighted by molar-refractivity contribution is -0.151. The number of hydrogen-bond donors (Lipinski definition) is 0. The van der Waals surface area contributed by atoms with E-state index < -0.39 is 11.7 Å². The van der Waals surface area contributed by atoms with Crippen LogP contribution in [0.3, 0.4) is 0 Å². The van der Waals surface area contributed by atoms with E-state index in [-0.39, 0.29) is 23.9 Å². The minimum atomic E-state index is -4.43. The number of halogens is 3. The number of esters is 1. The Balaban J connectivity index is 1.53. The van der Waals surface area contributed by atoms with Gasteiger partial charge in [-0.05, 0) is 12.8 Å². The summed E-state index contributed by atoms with van der Waals surface area (Å²) in [6, 6.07) is 0. The van der Waals surface area contributed by atoms with Crippen molar-refractivity contribution in [1.29, 1.82) is 0 Å². The van der Waals surface area contributed by atoms with Crippen LogP contribution in [-0.2, 0) is 15.7 Å². The minimum absolute atomic E-state index is 0.0799. The van der Waals surface area contributed by atoms with Gasteiger partial charge in [0.25, 0.3) is 0 Å². The summed E-state index contributed by atoms with van der Waals surface area (Å²) in [5.74, 6) is 0.237. The molecule has 0 bridgehead atoms. The lowest BCUT2D eigenvalue weighted by Gasteiger charge is -2.31. The first-order valence-corrected chi connectivity index (χ1v) is 7.28. The Morgan fingerprint density at radius 1 is 1.14 bits per heavy atom. The molecule has 1 aromatic heterocycles. The number of anilines is 1. The maximum absolute atomic E-state index is 12.5. The van der Waals surface area contributed by atoms with Crippen LogP contribution in [0, 0.1) is 5.92 Å². The number of ether oxygens (including phenoxy) is 1. The first kappa shape index (κ1) is 15.1. The van der Waals surface area contributed by atoms with Gasteiger partial charge in [-0.1, -0.05) is 0 Å². The second kappa shape index (κ2) is 5.73. The van der Waals surface area contributed by atoms with Crippen LogP contribution in [0.15, 0.2) is 12.4 Å². The molecule has 0 spiro atoms. The standard InChI is InChI=1S/C14H16F3N3O2/c15-14(16,17)10-7-18-13(19-8-10)20-5-3-11(4-6-20)22-12(21)9-1-2-9/h7-9,11H,1-6H2. The van der Waals surface area contributed by atoms with Crippen molar-refractivity contribution in [2.45, 2.75) is 38.0 Å². The zero-order valence-electron chi connectivity index (χ0n) is 11.8. The van der Waals surface area contributed by atoms with E-state index >= 15 is 0 Å². The molecule has 0 N–H and O–H groups in total. The molecular weight excluding hydrogens is 299 g/mol. The molecule has 120 valence electrons. The Kier molecular flexibility index (Phi) is 3.92. The van der Waals surface area contributed by atoms with Gasteiger partial charge < -0.3 is 9.64 Å².